The molecule has 0 saturated carbocycles. The highest BCUT2D eigenvalue weighted by Crippen LogP contribution is 2.50. The first-order valence-corrected chi connectivity index (χ1v) is 11.6. The lowest BCUT2D eigenvalue weighted by Gasteiger charge is -2.20. The van der Waals surface area contributed by atoms with Crippen molar-refractivity contribution in [2.45, 2.75) is 42.7 Å². The van der Waals surface area contributed by atoms with Crippen LogP contribution in [0.15, 0.2) is 40.4 Å². The van der Waals surface area contributed by atoms with Gasteiger partial charge in [0.25, 0.3) is 0 Å². The molecule has 0 aliphatic carbocycles. The molecule has 4 rings (SSSR count). The first-order chi connectivity index (χ1) is 15.2. The molecule has 8 nitrogen and oxygen atoms in total. The van der Waals surface area contributed by atoms with Crippen LogP contribution in [0.4, 0.5) is 10.5 Å². The van der Waals surface area contributed by atoms with Crippen LogP contribution in [-0.2, 0) is 11.3 Å². The van der Waals surface area contributed by atoms with Gasteiger partial charge in [-0.2, -0.15) is 5.10 Å². The summed E-state index contributed by atoms with van der Waals surface area (Å²) in [4.78, 5) is 20.7. The SMILES string of the molecule is CN(C)CCn1nc2c3c(c(NCCNC(=O)OC(C)(C)C)ccc31)Sc1ccncc1-2. The number of amides is 1. The van der Waals surface area contributed by atoms with Crippen molar-refractivity contribution in [1.82, 2.24) is 25.0 Å². The van der Waals surface area contributed by atoms with E-state index < -0.39 is 11.7 Å². The summed E-state index contributed by atoms with van der Waals surface area (Å²) in [6.07, 6.45) is 3.31. The smallest absolute Gasteiger partial charge is 0.407 e. The third-order valence-corrected chi connectivity index (χ3v) is 6.19. The van der Waals surface area contributed by atoms with Gasteiger partial charge in [-0.15, -0.1) is 0 Å². The van der Waals surface area contributed by atoms with Crippen molar-refractivity contribution in [3.05, 3.63) is 30.6 Å². The van der Waals surface area contributed by atoms with Crippen molar-refractivity contribution in [2.75, 3.05) is 39.0 Å². The molecular weight excluding hydrogens is 424 g/mol. The fraction of sp³-hybridized carbons (Fsp3) is 0.435. The molecule has 0 bridgehead atoms. The van der Waals surface area contributed by atoms with E-state index in [0.717, 1.165) is 50.7 Å². The Morgan fingerprint density at radius 1 is 1.22 bits per heavy atom. The molecule has 2 aromatic heterocycles. The number of carbonyl (C=O) groups is 1. The Morgan fingerprint density at radius 3 is 2.78 bits per heavy atom. The number of nitrogens with one attached hydrogen (secondary N) is 2. The third kappa shape index (κ3) is 4.83. The van der Waals surface area contributed by atoms with E-state index in [-0.39, 0.29) is 0 Å². The molecule has 3 aromatic rings. The average Bonchev–Trinajstić information content (AvgIpc) is 3.09. The highest BCUT2D eigenvalue weighted by molar-refractivity contribution is 8.00. The fourth-order valence-electron chi connectivity index (χ4n) is 3.57. The number of nitrogens with zero attached hydrogens (tertiary/aromatic N) is 4. The molecule has 1 amide bonds. The number of pyridine rings is 1. The first kappa shape index (κ1) is 22.4. The van der Waals surface area contributed by atoms with Crippen molar-refractivity contribution in [3.63, 3.8) is 0 Å². The molecule has 0 fully saturated rings. The van der Waals surface area contributed by atoms with Crippen LogP contribution >= 0.6 is 11.8 Å². The Morgan fingerprint density at radius 2 is 2.03 bits per heavy atom. The number of alkyl carbamates (subject to hydrolysis) is 1. The molecule has 0 unspecified atom stereocenters. The maximum Gasteiger partial charge on any atom is 0.407 e. The van der Waals surface area contributed by atoms with E-state index in [9.17, 15) is 4.79 Å². The van der Waals surface area contributed by atoms with Crippen LogP contribution in [0, 0.1) is 0 Å². The number of rotatable bonds is 7. The van der Waals surface area contributed by atoms with Gasteiger partial charge in [-0.05, 0) is 53.1 Å². The second kappa shape index (κ2) is 8.99. The summed E-state index contributed by atoms with van der Waals surface area (Å²) in [6.45, 7) is 8.34. The maximum absolute atomic E-state index is 11.9. The topological polar surface area (TPSA) is 84.3 Å². The van der Waals surface area contributed by atoms with Crippen LogP contribution < -0.4 is 10.6 Å². The zero-order chi connectivity index (χ0) is 22.9. The van der Waals surface area contributed by atoms with Crippen LogP contribution in [0.1, 0.15) is 20.8 Å². The van der Waals surface area contributed by atoms with Crippen molar-refractivity contribution in [2.24, 2.45) is 0 Å². The van der Waals surface area contributed by atoms with Gasteiger partial charge in [-0.1, -0.05) is 11.8 Å². The summed E-state index contributed by atoms with van der Waals surface area (Å²) in [5, 5.41) is 12.4. The lowest BCUT2D eigenvalue weighted by Crippen LogP contribution is -2.35. The van der Waals surface area contributed by atoms with E-state index >= 15 is 0 Å². The van der Waals surface area contributed by atoms with Crippen LogP contribution in [0.2, 0.25) is 0 Å². The summed E-state index contributed by atoms with van der Waals surface area (Å²) >= 11 is 1.73. The number of benzene rings is 1. The number of aromatic nitrogens is 3. The molecule has 32 heavy (non-hydrogen) atoms. The van der Waals surface area contributed by atoms with Crippen molar-refractivity contribution >= 4 is 34.4 Å². The molecule has 0 atom stereocenters. The summed E-state index contributed by atoms with van der Waals surface area (Å²) in [5.74, 6) is 0. The molecule has 0 spiro atoms. The number of ether oxygens (including phenoxy) is 1. The molecule has 1 aromatic carbocycles. The Labute approximate surface area is 192 Å². The number of hydrogen-bond acceptors (Lipinski definition) is 7. The van der Waals surface area contributed by atoms with Crippen LogP contribution in [0.5, 0.6) is 0 Å². The van der Waals surface area contributed by atoms with Crippen molar-refractivity contribution < 1.29 is 9.53 Å². The molecule has 1 aliphatic rings. The first-order valence-electron chi connectivity index (χ1n) is 10.7. The minimum Gasteiger partial charge on any atom is -0.444 e. The van der Waals surface area contributed by atoms with Gasteiger partial charge in [0.05, 0.1) is 12.1 Å². The monoisotopic (exact) mass is 454 g/mol. The molecule has 9 heteroatoms. The molecule has 170 valence electrons. The Hall–Kier alpha value is -2.78. The fourth-order valence-corrected chi connectivity index (χ4v) is 4.74. The minimum absolute atomic E-state index is 0.406. The van der Waals surface area contributed by atoms with Gasteiger partial charge < -0.3 is 20.3 Å². The van der Waals surface area contributed by atoms with E-state index in [0.29, 0.717) is 13.1 Å². The predicted octanol–water partition coefficient (Wildman–Crippen LogP) is 4.06. The van der Waals surface area contributed by atoms with E-state index in [1.165, 1.54) is 0 Å². The van der Waals surface area contributed by atoms with Crippen LogP contribution in [-0.4, -0.2) is 65.1 Å². The summed E-state index contributed by atoms with van der Waals surface area (Å²) in [5.41, 5.74) is 3.70. The van der Waals surface area contributed by atoms with Crippen molar-refractivity contribution in [3.8, 4) is 11.3 Å². The number of anilines is 1. The van der Waals surface area contributed by atoms with Gasteiger partial charge in [-0.25, -0.2) is 4.79 Å². The van der Waals surface area contributed by atoms with Gasteiger partial charge in [0.15, 0.2) is 0 Å². The summed E-state index contributed by atoms with van der Waals surface area (Å²) in [6, 6.07) is 6.26. The highest BCUT2D eigenvalue weighted by Gasteiger charge is 2.26. The van der Waals surface area contributed by atoms with Crippen LogP contribution in [0.25, 0.3) is 22.2 Å². The van der Waals surface area contributed by atoms with Gasteiger partial charge in [0, 0.05) is 58.5 Å². The molecule has 2 N–H and O–H groups in total. The zero-order valence-electron chi connectivity index (χ0n) is 19.2. The maximum atomic E-state index is 11.9. The largest absolute Gasteiger partial charge is 0.444 e. The lowest BCUT2D eigenvalue weighted by atomic mass is 10.1. The lowest BCUT2D eigenvalue weighted by molar-refractivity contribution is 0.0530. The van der Waals surface area contributed by atoms with Gasteiger partial charge in [0.1, 0.15) is 11.3 Å². The van der Waals surface area contributed by atoms with E-state index in [2.05, 4.69) is 51.4 Å². The Bertz CT molecular complexity index is 1140. The van der Waals surface area contributed by atoms with Gasteiger partial charge in [0.2, 0.25) is 0 Å². The zero-order valence-corrected chi connectivity index (χ0v) is 20.0. The molecule has 0 saturated heterocycles. The number of carbonyl (C=O) groups excluding carboxylic acids is 1. The second-order valence-electron chi connectivity index (χ2n) is 9.04. The quantitative estimate of drug-likeness (QED) is 0.407. The summed E-state index contributed by atoms with van der Waals surface area (Å²) < 4.78 is 7.38. The number of likely N-dealkylation sites (N-methyl/N-ethyl adjacent to an activating group) is 1. The van der Waals surface area contributed by atoms with E-state index in [1.54, 1.807) is 11.8 Å². The second-order valence-corrected chi connectivity index (χ2v) is 10.1. The Kier molecular flexibility index (Phi) is 6.30. The average molecular weight is 455 g/mol. The van der Waals surface area contributed by atoms with E-state index in [1.807, 2.05) is 39.2 Å². The minimum atomic E-state index is -0.505. The highest BCUT2D eigenvalue weighted by atomic mass is 32.2. The number of hydrogen-bond donors (Lipinski definition) is 2. The van der Waals surface area contributed by atoms with Crippen LogP contribution in [0.3, 0.4) is 0 Å². The van der Waals surface area contributed by atoms with Gasteiger partial charge >= 0.3 is 6.09 Å². The molecule has 1 aliphatic heterocycles. The predicted molar refractivity (Wildman–Crippen MR) is 128 cm³/mol. The third-order valence-electron chi connectivity index (χ3n) is 4.99. The molecular formula is C23H30N6O2S. The normalized spacial score (nSPS) is 12.7. The Balaban J connectivity index is 1.57. The molecule has 3 heterocycles. The standard InChI is InChI=1S/C23H30N6O2S/c1-23(2,3)31-22(30)26-11-10-25-16-6-7-17-19-20(27-29(17)13-12-28(4)5)15-14-24-9-8-18(15)32-21(16)19/h6-9,14,25H,10-13H2,1-5H3,(H,26,30). The van der Waals surface area contributed by atoms with Crippen molar-refractivity contribution in [1.29, 1.82) is 0 Å². The summed E-state index contributed by atoms with van der Waals surface area (Å²) in [7, 11) is 4.14. The number of fused-ring (bicyclic) bond motifs is 2. The molecule has 0 radical (unpaired) electrons. The van der Waals surface area contributed by atoms with E-state index in [4.69, 9.17) is 9.84 Å². The van der Waals surface area contributed by atoms with Gasteiger partial charge in [-0.3, -0.25) is 9.67 Å².